The maximum absolute atomic E-state index is 10.3. The van der Waals surface area contributed by atoms with Gasteiger partial charge < -0.3 is 14.8 Å². The van der Waals surface area contributed by atoms with Gasteiger partial charge in [-0.2, -0.15) is 5.21 Å². The molecule has 5 aromatic rings. The molecule has 8 heteroatoms. The van der Waals surface area contributed by atoms with Gasteiger partial charge in [-0.15, -0.1) is 10.2 Å². The fourth-order valence-corrected chi connectivity index (χ4v) is 4.26. The first-order valence-corrected chi connectivity index (χ1v) is 11.8. The summed E-state index contributed by atoms with van der Waals surface area (Å²) < 4.78 is 2.04. The first-order valence-electron chi connectivity index (χ1n) is 11.8. The van der Waals surface area contributed by atoms with Crippen molar-refractivity contribution >= 4 is 0 Å². The largest absolute Gasteiger partial charge is 0.508 e. The molecule has 3 aromatic carbocycles. The lowest BCUT2D eigenvalue weighted by molar-refractivity contribution is 0.0741. The van der Waals surface area contributed by atoms with Crippen LogP contribution in [0.3, 0.4) is 0 Å². The number of rotatable bonds is 7. The zero-order valence-corrected chi connectivity index (χ0v) is 20.5. The van der Waals surface area contributed by atoms with Gasteiger partial charge in [0.15, 0.2) is 0 Å². The van der Waals surface area contributed by atoms with Crippen molar-refractivity contribution in [2.45, 2.75) is 39.3 Å². The summed E-state index contributed by atoms with van der Waals surface area (Å²) in [6.45, 7) is 6.08. The molecule has 0 saturated heterocycles. The molecule has 2 aromatic heterocycles. The summed E-state index contributed by atoms with van der Waals surface area (Å²) in [5.74, 6) is 1.65. The molecule has 0 aliphatic heterocycles. The molecule has 0 bridgehead atoms. The van der Waals surface area contributed by atoms with E-state index >= 15 is 0 Å². The van der Waals surface area contributed by atoms with Crippen molar-refractivity contribution in [3.05, 3.63) is 101 Å². The Morgan fingerprint density at radius 1 is 0.917 bits per heavy atom. The third-order valence-electron chi connectivity index (χ3n) is 6.21. The van der Waals surface area contributed by atoms with E-state index in [0.717, 1.165) is 39.2 Å². The number of aliphatic hydroxyl groups is 1. The van der Waals surface area contributed by atoms with Crippen LogP contribution in [-0.4, -0.2) is 40.4 Å². The van der Waals surface area contributed by atoms with Gasteiger partial charge in [0.1, 0.15) is 17.2 Å². The van der Waals surface area contributed by atoms with E-state index in [-0.39, 0.29) is 5.75 Å². The van der Waals surface area contributed by atoms with Gasteiger partial charge in [-0.1, -0.05) is 54.6 Å². The van der Waals surface area contributed by atoms with Crippen LogP contribution >= 0.6 is 0 Å². The van der Waals surface area contributed by atoms with E-state index < -0.39 is 5.60 Å². The van der Waals surface area contributed by atoms with Crippen LogP contribution in [0.2, 0.25) is 0 Å². The molecular formula is C28H28N6O2. The number of nitrogens with zero attached hydrogens (tertiary/aromatic N) is 5. The number of H-pyrrole nitrogens is 1. The Labute approximate surface area is 209 Å². The zero-order chi connectivity index (χ0) is 25.3. The molecule has 182 valence electrons. The lowest BCUT2D eigenvalue weighted by Gasteiger charge is -2.13. The first-order chi connectivity index (χ1) is 17.3. The van der Waals surface area contributed by atoms with Gasteiger partial charge in [-0.3, -0.25) is 0 Å². The van der Waals surface area contributed by atoms with Crippen LogP contribution in [0.15, 0.2) is 72.9 Å². The summed E-state index contributed by atoms with van der Waals surface area (Å²) in [5.41, 5.74) is 5.87. The maximum Gasteiger partial charge on any atom is 0.205 e. The van der Waals surface area contributed by atoms with E-state index in [2.05, 4.69) is 62.0 Å². The molecule has 2 heterocycles. The van der Waals surface area contributed by atoms with Gasteiger partial charge in [0.05, 0.1) is 5.69 Å². The second kappa shape index (κ2) is 9.39. The topological polar surface area (TPSA) is 113 Å². The first kappa shape index (κ1) is 23.4. The number of aromatic hydroxyl groups is 1. The molecule has 0 saturated carbocycles. The predicted molar refractivity (Wildman–Crippen MR) is 137 cm³/mol. The van der Waals surface area contributed by atoms with Crippen LogP contribution in [0.4, 0.5) is 0 Å². The molecule has 0 fully saturated rings. The predicted octanol–water partition coefficient (Wildman–Crippen LogP) is 4.61. The van der Waals surface area contributed by atoms with Crippen LogP contribution in [-0.2, 0) is 18.6 Å². The normalized spacial score (nSPS) is 11.7. The van der Waals surface area contributed by atoms with Crippen LogP contribution in [0.25, 0.3) is 22.5 Å². The zero-order valence-electron chi connectivity index (χ0n) is 20.5. The maximum atomic E-state index is 10.3. The van der Waals surface area contributed by atoms with Gasteiger partial charge in [0.25, 0.3) is 0 Å². The van der Waals surface area contributed by atoms with Crippen LogP contribution < -0.4 is 0 Å². The Kier molecular flexibility index (Phi) is 6.12. The number of phenols is 1. The SMILES string of the molecule is Cc1nc(C(C)(C)O)cn1Cc1ccc(-c2cc(Cc3cccc(O)c3)ccc2-c2nn[nH]n2)cc1. The highest BCUT2D eigenvalue weighted by Gasteiger charge is 2.20. The summed E-state index contributed by atoms with van der Waals surface area (Å²) in [7, 11) is 0. The number of aromatic nitrogens is 6. The molecule has 0 radical (unpaired) electrons. The van der Waals surface area contributed by atoms with Gasteiger partial charge in [0, 0.05) is 18.3 Å². The van der Waals surface area contributed by atoms with E-state index in [1.54, 1.807) is 26.0 Å². The third kappa shape index (κ3) is 5.04. The molecule has 5 rings (SSSR count). The van der Waals surface area contributed by atoms with Crippen molar-refractivity contribution in [3.8, 4) is 28.3 Å². The molecule has 8 nitrogen and oxygen atoms in total. The number of tetrazole rings is 1. The highest BCUT2D eigenvalue weighted by atomic mass is 16.3. The molecule has 0 atom stereocenters. The van der Waals surface area contributed by atoms with Crippen LogP contribution in [0.5, 0.6) is 5.75 Å². The summed E-state index contributed by atoms with van der Waals surface area (Å²) >= 11 is 0. The van der Waals surface area contributed by atoms with E-state index in [1.807, 2.05) is 35.9 Å². The van der Waals surface area contributed by atoms with Gasteiger partial charge in [-0.05, 0) is 72.4 Å². The van der Waals surface area contributed by atoms with Crippen molar-refractivity contribution in [2.75, 3.05) is 0 Å². The molecule has 0 amide bonds. The van der Waals surface area contributed by atoms with Crippen LogP contribution in [0.1, 0.15) is 42.1 Å². The second-order valence-electron chi connectivity index (χ2n) is 9.52. The minimum absolute atomic E-state index is 0.259. The van der Waals surface area contributed by atoms with Crippen molar-refractivity contribution in [1.82, 2.24) is 30.2 Å². The molecule has 36 heavy (non-hydrogen) atoms. The van der Waals surface area contributed by atoms with Gasteiger partial charge in [0.2, 0.25) is 5.82 Å². The van der Waals surface area contributed by atoms with Crippen molar-refractivity contribution in [1.29, 1.82) is 0 Å². The molecule has 0 aliphatic rings. The lowest BCUT2D eigenvalue weighted by Crippen LogP contribution is -2.15. The number of hydrogen-bond donors (Lipinski definition) is 3. The fraction of sp³-hybridized carbons (Fsp3) is 0.214. The van der Waals surface area contributed by atoms with E-state index in [1.165, 1.54) is 0 Å². The Hall–Kier alpha value is -4.30. The van der Waals surface area contributed by atoms with E-state index in [4.69, 9.17) is 0 Å². The van der Waals surface area contributed by atoms with E-state index in [9.17, 15) is 10.2 Å². The Morgan fingerprint density at radius 3 is 2.33 bits per heavy atom. The Balaban J connectivity index is 1.46. The summed E-state index contributed by atoms with van der Waals surface area (Å²) in [6, 6.07) is 21.9. The fourth-order valence-electron chi connectivity index (χ4n) is 4.26. The average molecular weight is 481 g/mol. The second-order valence-corrected chi connectivity index (χ2v) is 9.52. The minimum atomic E-state index is -0.977. The van der Waals surface area contributed by atoms with Crippen molar-refractivity contribution in [2.24, 2.45) is 0 Å². The highest BCUT2D eigenvalue weighted by molar-refractivity contribution is 5.81. The van der Waals surface area contributed by atoms with Gasteiger partial charge >= 0.3 is 0 Å². The smallest absolute Gasteiger partial charge is 0.205 e. The summed E-state index contributed by atoms with van der Waals surface area (Å²) in [5, 5.41) is 34.8. The van der Waals surface area contributed by atoms with Crippen molar-refractivity contribution in [3.63, 3.8) is 0 Å². The van der Waals surface area contributed by atoms with Gasteiger partial charge in [-0.25, -0.2) is 4.98 Å². The number of aromatic amines is 1. The molecule has 0 aliphatic carbocycles. The number of benzene rings is 3. The third-order valence-corrected chi connectivity index (χ3v) is 6.21. The Bertz CT molecular complexity index is 1480. The number of aryl methyl sites for hydroxylation is 1. The van der Waals surface area contributed by atoms with Crippen molar-refractivity contribution < 1.29 is 10.2 Å². The number of nitrogens with one attached hydrogen (secondary N) is 1. The monoisotopic (exact) mass is 480 g/mol. The van der Waals surface area contributed by atoms with Crippen LogP contribution in [0, 0.1) is 6.92 Å². The summed E-state index contributed by atoms with van der Waals surface area (Å²) in [6.07, 6.45) is 2.60. The van der Waals surface area contributed by atoms with E-state index in [0.29, 0.717) is 24.5 Å². The molecule has 0 unspecified atom stereocenters. The number of hydrogen-bond acceptors (Lipinski definition) is 6. The minimum Gasteiger partial charge on any atom is -0.508 e. The average Bonchev–Trinajstić information content (AvgIpc) is 3.50. The lowest BCUT2D eigenvalue weighted by atomic mass is 9.94. The highest BCUT2D eigenvalue weighted by Crippen LogP contribution is 2.32. The molecule has 3 N–H and O–H groups in total. The quantitative estimate of drug-likeness (QED) is 0.314. The molecular weight excluding hydrogens is 452 g/mol. The summed E-state index contributed by atoms with van der Waals surface area (Å²) in [4.78, 5) is 4.51. The number of imidazole rings is 1. The standard InChI is InChI=1S/C28H28N6O2/c1-18-29-26(28(2,3)36)17-34(18)16-19-7-10-22(11-8-19)25-15-21(13-20-5-4-6-23(35)14-20)9-12-24(25)27-30-32-33-31-27/h4-12,14-15,17,35-36H,13,16H2,1-3H3,(H,30,31,32,33). The Morgan fingerprint density at radius 2 is 1.67 bits per heavy atom. The molecule has 0 spiro atoms. The number of phenolic OH excluding ortho intramolecular Hbond substituents is 1.